The van der Waals surface area contributed by atoms with Crippen LogP contribution in [0.2, 0.25) is 0 Å². The van der Waals surface area contributed by atoms with Crippen LogP contribution in [0.3, 0.4) is 0 Å². The molecular formula is C13H22N4O2. The summed E-state index contributed by atoms with van der Waals surface area (Å²) >= 11 is 0. The van der Waals surface area contributed by atoms with Crippen LogP contribution < -0.4 is 10.9 Å². The summed E-state index contributed by atoms with van der Waals surface area (Å²) in [5.41, 5.74) is 6.71. The Morgan fingerprint density at radius 2 is 1.89 bits per heavy atom. The van der Waals surface area contributed by atoms with E-state index >= 15 is 0 Å². The van der Waals surface area contributed by atoms with Crippen molar-refractivity contribution in [3.8, 4) is 0 Å². The molecular weight excluding hydrogens is 244 g/mol. The van der Waals surface area contributed by atoms with Crippen molar-refractivity contribution in [1.29, 1.82) is 0 Å². The summed E-state index contributed by atoms with van der Waals surface area (Å²) in [4.78, 5) is 19.6. The Morgan fingerprint density at radius 1 is 1.21 bits per heavy atom. The highest BCUT2D eigenvalue weighted by Gasteiger charge is 2.03. The Balaban J connectivity index is 2.22. The number of ether oxygens (including phenoxy) is 1. The summed E-state index contributed by atoms with van der Waals surface area (Å²) in [7, 11) is 0. The fourth-order valence-electron chi connectivity index (χ4n) is 1.62. The molecule has 0 bridgehead atoms. The van der Waals surface area contributed by atoms with E-state index < -0.39 is 6.09 Å². The van der Waals surface area contributed by atoms with Crippen LogP contribution >= 0.6 is 0 Å². The van der Waals surface area contributed by atoms with Crippen LogP contribution in [0.4, 0.5) is 10.7 Å². The molecule has 6 heteroatoms. The molecule has 1 aromatic rings. The largest absolute Gasteiger partial charge is 0.448 e. The van der Waals surface area contributed by atoms with Gasteiger partial charge in [0.25, 0.3) is 0 Å². The van der Waals surface area contributed by atoms with Gasteiger partial charge in [-0.05, 0) is 26.3 Å². The van der Waals surface area contributed by atoms with Gasteiger partial charge in [-0.3, -0.25) is 5.43 Å². The third kappa shape index (κ3) is 6.59. The molecule has 0 unspecified atom stereocenters. The van der Waals surface area contributed by atoms with Crippen LogP contribution in [0.5, 0.6) is 0 Å². The van der Waals surface area contributed by atoms with Gasteiger partial charge in [-0.25, -0.2) is 20.2 Å². The number of hydrogen-bond donors (Lipinski definition) is 2. The molecule has 0 aromatic carbocycles. The number of hydrazine groups is 1. The van der Waals surface area contributed by atoms with E-state index in [0.29, 0.717) is 12.6 Å². The molecule has 1 rings (SSSR count). The van der Waals surface area contributed by atoms with Gasteiger partial charge in [-0.1, -0.05) is 26.2 Å². The maximum absolute atomic E-state index is 11.4. The molecule has 0 aliphatic carbocycles. The van der Waals surface area contributed by atoms with Crippen LogP contribution in [-0.4, -0.2) is 22.7 Å². The van der Waals surface area contributed by atoms with E-state index in [1.807, 2.05) is 19.9 Å². The first kappa shape index (κ1) is 15.2. The highest BCUT2D eigenvalue weighted by atomic mass is 16.6. The third-order valence-corrected chi connectivity index (χ3v) is 2.49. The normalized spacial score (nSPS) is 10.1. The molecule has 2 N–H and O–H groups in total. The number of anilines is 1. The lowest BCUT2D eigenvalue weighted by Gasteiger charge is -2.08. The summed E-state index contributed by atoms with van der Waals surface area (Å²) in [6, 6.07) is 1.86. The lowest BCUT2D eigenvalue weighted by Crippen LogP contribution is -2.31. The zero-order chi connectivity index (χ0) is 14.1. The van der Waals surface area contributed by atoms with E-state index in [4.69, 9.17) is 4.74 Å². The van der Waals surface area contributed by atoms with E-state index in [9.17, 15) is 4.79 Å². The number of aryl methyl sites for hydroxylation is 2. The number of nitrogens with one attached hydrogen (secondary N) is 2. The second kappa shape index (κ2) is 8.29. The maximum atomic E-state index is 11.4. The molecule has 1 heterocycles. The molecule has 0 atom stereocenters. The maximum Gasteiger partial charge on any atom is 0.426 e. The Bertz CT molecular complexity index is 389. The molecule has 0 saturated heterocycles. The van der Waals surface area contributed by atoms with E-state index in [1.54, 1.807) is 0 Å². The van der Waals surface area contributed by atoms with Crippen LogP contribution in [-0.2, 0) is 4.74 Å². The minimum absolute atomic E-state index is 0.362. The molecule has 6 nitrogen and oxygen atoms in total. The van der Waals surface area contributed by atoms with E-state index in [2.05, 4.69) is 27.7 Å². The Hall–Kier alpha value is -1.85. The van der Waals surface area contributed by atoms with Crippen LogP contribution in [0.1, 0.15) is 44.0 Å². The SMILES string of the molecule is CCCCCCOC(=O)NNc1nc(C)cc(C)n1. The van der Waals surface area contributed by atoms with Crippen LogP contribution in [0.15, 0.2) is 6.07 Å². The van der Waals surface area contributed by atoms with Crippen molar-refractivity contribution in [1.82, 2.24) is 15.4 Å². The lowest BCUT2D eigenvalue weighted by atomic mass is 10.2. The number of rotatable bonds is 7. The average Bonchev–Trinajstić information content (AvgIpc) is 2.35. The Kier molecular flexibility index (Phi) is 6.63. The van der Waals surface area contributed by atoms with Gasteiger partial charge in [0.15, 0.2) is 0 Å². The van der Waals surface area contributed by atoms with Crippen molar-refractivity contribution >= 4 is 12.0 Å². The quantitative estimate of drug-likeness (QED) is 0.586. The van der Waals surface area contributed by atoms with Gasteiger partial charge in [-0.15, -0.1) is 0 Å². The number of hydrogen-bond acceptors (Lipinski definition) is 5. The molecule has 0 spiro atoms. The van der Waals surface area contributed by atoms with Gasteiger partial charge in [0.1, 0.15) is 0 Å². The van der Waals surface area contributed by atoms with Crippen LogP contribution in [0, 0.1) is 13.8 Å². The van der Waals surface area contributed by atoms with Gasteiger partial charge in [-0.2, -0.15) is 0 Å². The van der Waals surface area contributed by atoms with Crippen molar-refractivity contribution < 1.29 is 9.53 Å². The lowest BCUT2D eigenvalue weighted by molar-refractivity contribution is 0.146. The Labute approximate surface area is 114 Å². The first-order valence-electron chi connectivity index (χ1n) is 6.63. The van der Waals surface area contributed by atoms with Crippen molar-refractivity contribution in [2.45, 2.75) is 46.5 Å². The number of aromatic nitrogens is 2. The molecule has 1 amide bonds. The minimum atomic E-state index is -0.515. The van der Waals surface area contributed by atoms with Crippen molar-refractivity contribution in [3.05, 3.63) is 17.5 Å². The second-order valence-corrected chi connectivity index (χ2v) is 4.42. The zero-order valence-electron chi connectivity index (χ0n) is 11.8. The minimum Gasteiger partial charge on any atom is -0.448 e. The monoisotopic (exact) mass is 266 g/mol. The molecule has 106 valence electrons. The number of unbranched alkanes of at least 4 members (excludes halogenated alkanes) is 3. The van der Waals surface area contributed by atoms with E-state index in [-0.39, 0.29) is 0 Å². The van der Waals surface area contributed by atoms with Gasteiger partial charge in [0.05, 0.1) is 6.61 Å². The average molecular weight is 266 g/mol. The highest BCUT2D eigenvalue weighted by Crippen LogP contribution is 2.02. The highest BCUT2D eigenvalue weighted by molar-refractivity contribution is 5.68. The summed E-state index contributed by atoms with van der Waals surface area (Å²) in [5, 5.41) is 0. The molecule has 0 radical (unpaired) electrons. The Morgan fingerprint density at radius 3 is 2.53 bits per heavy atom. The molecule has 1 aromatic heterocycles. The summed E-state index contributed by atoms with van der Waals surface area (Å²) in [6.45, 7) is 6.31. The zero-order valence-corrected chi connectivity index (χ0v) is 11.8. The standard InChI is InChI=1S/C13H22N4O2/c1-4-5-6-7-8-19-13(18)17-16-12-14-10(2)9-11(3)15-12/h9H,4-8H2,1-3H3,(H,17,18)(H,14,15,16). The predicted octanol–water partition coefficient (Wildman–Crippen LogP) is 2.73. The summed E-state index contributed by atoms with van der Waals surface area (Å²) < 4.78 is 5.00. The number of amides is 1. The van der Waals surface area contributed by atoms with E-state index in [1.165, 1.54) is 6.42 Å². The smallest absolute Gasteiger partial charge is 0.426 e. The third-order valence-electron chi connectivity index (χ3n) is 2.49. The van der Waals surface area contributed by atoms with Gasteiger partial charge in [0.2, 0.25) is 5.95 Å². The second-order valence-electron chi connectivity index (χ2n) is 4.42. The van der Waals surface area contributed by atoms with Gasteiger partial charge in [0, 0.05) is 11.4 Å². The summed E-state index contributed by atoms with van der Waals surface area (Å²) in [5.74, 6) is 0.362. The van der Waals surface area contributed by atoms with Gasteiger partial charge < -0.3 is 4.74 Å². The molecule has 0 fully saturated rings. The van der Waals surface area contributed by atoms with Crippen LogP contribution in [0.25, 0.3) is 0 Å². The number of carbonyl (C=O) groups is 1. The fraction of sp³-hybridized carbons (Fsp3) is 0.615. The summed E-state index contributed by atoms with van der Waals surface area (Å²) in [6.07, 6.45) is 3.79. The van der Waals surface area contributed by atoms with Crippen molar-refractivity contribution in [2.75, 3.05) is 12.0 Å². The molecule has 0 aliphatic heterocycles. The molecule has 0 saturated carbocycles. The predicted molar refractivity (Wildman–Crippen MR) is 73.8 cm³/mol. The fourth-order valence-corrected chi connectivity index (χ4v) is 1.62. The van der Waals surface area contributed by atoms with Crippen molar-refractivity contribution in [2.24, 2.45) is 0 Å². The van der Waals surface area contributed by atoms with Gasteiger partial charge >= 0.3 is 6.09 Å². The topological polar surface area (TPSA) is 76.1 Å². The first-order valence-corrected chi connectivity index (χ1v) is 6.63. The number of carbonyl (C=O) groups excluding carboxylic acids is 1. The van der Waals surface area contributed by atoms with Crippen molar-refractivity contribution in [3.63, 3.8) is 0 Å². The molecule has 19 heavy (non-hydrogen) atoms. The molecule has 0 aliphatic rings. The number of nitrogens with zero attached hydrogens (tertiary/aromatic N) is 2. The van der Waals surface area contributed by atoms with E-state index in [0.717, 1.165) is 30.7 Å². The first-order chi connectivity index (χ1) is 9.11.